The normalized spacial score (nSPS) is 10.9. The maximum atomic E-state index is 11.9. The lowest BCUT2D eigenvalue weighted by Gasteiger charge is -2.13. The van der Waals surface area contributed by atoms with E-state index < -0.39 is 0 Å². The van der Waals surface area contributed by atoms with Crippen molar-refractivity contribution in [3.63, 3.8) is 0 Å². The third-order valence-electron chi connectivity index (χ3n) is 3.92. The van der Waals surface area contributed by atoms with Gasteiger partial charge < -0.3 is 15.2 Å². The molecule has 0 bridgehead atoms. The first kappa shape index (κ1) is 21.6. The highest BCUT2D eigenvalue weighted by atomic mass is 35.5. The van der Waals surface area contributed by atoms with Gasteiger partial charge in [-0.05, 0) is 36.8 Å². The number of carbonyl (C=O) groups is 1. The Kier molecular flexibility index (Phi) is 7.64. The summed E-state index contributed by atoms with van der Waals surface area (Å²) < 4.78 is 11.6. The number of nitrogens with zero attached hydrogens (tertiary/aromatic N) is 2. The number of ether oxygens (including phenoxy) is 2. The fourth-order valence-electron chi connectivity index (χ4n) is 2.55. The number of nitrogens with one attached hydrogen (secondary N) is 1. The molecular formula is C21H21ClN4O3S. The van der Waals surface area contributed by atoms with E-state index in [9.17, 15) is 4.79 Å². The number of benzene rings is 2. The Hall–Kier alpha value is -3.10. The Morgan fingerprint density at radius 2 is 2.10 bits per heavy atom. The van der Waals surface area contributed by atoms with E-state index in [-0.39, 0.29) is 12.3 Å². The molecule has 30 heavy (non-hydrogen) atoms. The van der Waals surface area contributed by atoms with Gasteiger partial charge in [0, 0.05) is 16.0 Å². The molecule has 0 aliphatic heterocycles. The van der Waals surface area contributed by atoms with Crippen molar-refractivity contribution in [2.75, 3.05) is 12.3 Å². The second kappa shape index (κ2) is 10.6. The van der Waals surface area contributed by atoms with Crippen molar-refractivity contribution < 1.29 is 14.3 Å². The zero-order chi connectivity index (χ0) is 21.3. The molecule has 7 nitrogen and oxygen atoms in total. The number of carbonyl (C=O) groups excluding carboxylic acids is 1. The van der Waals surface area contributed by atoms with Gasteiger partial charge in [0.05, 0.1) is 24.9 Å². The van der Waals surface area contributed by atoms with Crippen LogP contribution in [0.3, 0.4) is 0 Å². The van der Waals surface area contributed by atoms with Crippen molar-refractivity contribution in [1.29, 1.82) is 0 Å². The number of anilines is 1. The Bertz CT molecular complexity index is 1040. The molecule has 3 rings (SSSR count). The molecular weight excluding hydrogens is 424 g/mol. The number of aromatic nitrogens is 1. The standard InChI is InChI=1S/C21H21ClN4O3S/c1-2-28-19-9-14(11-24-26-20(27)10-16-13-30-21(23)25-16)7-8-18(19)29-12-15-5-3-4-6-17(15)22/h3-9,11,13H,2,10,12H2,1H3,(H2,23,25)(H,26,27). The number of rotatable bonds is 9. The molecule has 3 N–H and O–H groups in total. The van der Waals surface area contributed by atoms with Crippen LogP contribution in [-0.4, -0.2) is 23.7 Å². The molecule has 0 saturated carbocycles. The van der Waals surface area contributed by atoms with Crippen molar-refractivity contribution in [3.05, 3.63) is 69.7 Å². The number of hydrogen-bond acceptors (Lipinski definition) is 7. The van der Waals surface area contributed by atoms with Gasteiger partial charge in [-0.3, -0.25) is 4.79 Å². The van der Waals surface area contributed by atoms with Gasteiger partial charge in [0.1, 0.15) is 6.61 Å². The summed E-state index contributed by atoms with van der Waals surface area (Å²) in [7, 11) is 0. The molecule has 1 amide bonds. The Morgan fingerprint density at radius 1 is 1.27 bits per heavy atom. The number of amides is 1. The number of hydrazone groups is 1. The molecule has 156 valence electrons. The smallest absolute Gasteiger partial charge is 0.246 e. The largest absolute Gasteiger partial charge is 0.490 e. The highest BCUT2D eigenvalue weighted by Crippen LogP contribution is 2.29. The van der Waals surface area contributed by atoms with Crippen LogP contribution in [0, 0.1) is 0 Å². The van der Waals surface area contributed by atoms with Gasteiger partial charge in [-0.15, -0.1) is 11.3 Å². The lowest BCUT2D eigenvalue weighted by atomic mass is 10.2. The summed E-state index contributed by atoms with van der Waals surface area (Å²) in [6.45, 7) is 2.70. The summed E-state index contributed by atoms with van der Waals surface area (Å²) in [5.41, 5.74) is 10.3. The van der Waals surface area contributed by atoms with Crippen molar-refractivity contribution in [2.45, 2.75) is 20.0 Å². The van der Waals surface area contributed by atoms with Crippen LogP contribution in [0.4, 0.5) is 5.13 Å². The van der Waals surface area contributed by atoms with Gasteiger partial charge in [0.2, 0.25) is 5.91 Å². The minimum atomic E-state index is -0.277. The summed E-state index contributed by atoms with van der Waals surface area (Å²) in [6, 6.07) is 12.9. The fourth-order valence-corrected chi connectivity index (χ4v) is 3.30. The number of thiazole rings is 1. The predicted octanol–water partition coefficient (Wildman–Crippen LogP) is 4.05. The van der Waals surface area contributed by atoms with Gasteiger partial charge in [-0.25, -0.2) is 10.4 Å². The zero-order valence-corrected chi connectivity index (χ0v) is 17.9. The minimum absolute atomic E-state index is 0.115. The molecule has 0 unspecified atom stereocenters. The summed E-state index contributed by atoms with van der Waals surface area (Å²) in [5.74, 6) is 0.901. The average Bonchev–Trinajstić information content (AvgIpc) is 3.13. The van der Waals surface area contributed by atoms with Crippen LogP contribution < -0.4 is 20.6 Å². The van der Waals surface area contributed by atoms with Crippen LogP contribution >= 0.6 is 22.9 Å². The van der Waals surface area contributed by atoms with E-state index in [1.165, 1.54) is 17.6 Å². The van der Waals surface area contributed by atoms with Crippen LogP contribution in [0.15, 0.2) is 52.9 Å². The molecule has 1 aromatic heterocycles. The summed E-state index contributed by atoms with van der Waals surface area (Å²) in [4.78, 5) is 16.0. The Morgan fingerprint density at radius 3 is 2.83 bits per heavy atom. The summed E-state index contributed by atoms with van der Waals surface area (Å²) in [6.07, 6.45) is 1.65. The molecule has 0 atom stereocenters. The van der Waals surface area contributed by atoms with Crippen LogP contribution in [0.25, 0.3) is 0 Å². The molecule has 3 aromatic rings. The second-order valence-corrected chi connectivity index (χ2v) is 7.46. The van der Waals surface area contributed by atoms with Crippen molar-refractivity contribution in [2.24, 2.45) is 5.10 Å². The Labute approximate surface area is 183 Å². The van der Waals surface area contributed by atoms with E-state index in [0.717, 1.165) is 11.1 Å². The quantitative estimate of drug-likeness (QED) is 0.383. The monoisotopic (exact) mass is 444 g/mol. The van der Waals surface area contributed by atoms with Crippen molar-refractivity contribution >= 4 is 40.2 Å². The summed E-state index contributed by atoms with van der Waals surface area (Å²) in [5, 5.41) is 6.81. The molecule has 0 fully saturated rings. The minimum Gasteiger partial charge on any atom is -0.490 e. The third-order valence-corrected chi connectivity index (χ3v) is 5.01. The van der Waals surface area contributed by atoms with Gasteiger partial charge in [-0.2, -0.15) is 5.10 Å². The van der Waals surface area contributed by atoms with E-state index >= 15 is 0 Å². The van der Waals surface area contributed by atoms with Gasteiger partial charge in [0.15, 0.2) is 16.6 Å². The number of hydrogen-bond donors (Lipinski definition) is 2. The Balaban J connectivity index is 1.61. The topological polar surface area (TPSA) is 98.8 Å². The molecule has 0 radical (unpaired) electrons. The highest BCUT2D eigenvalue weighted by molar-refractivity contribution is 7.13. The van der Waals surface area contributed by atoms with Gasteiger partial charge >= 0.3 is 0 Å². The van der Waals surface area contributed by atoms with E-state index in [1.807, 2.05) is 37.3 Å². The second-order valence-electron chi connectivity index (χ2n) is 6.17. The van der Waals surface area contributed by atoms with E-state index in [0.29, 0.717) is 40.6 Å². The maximum absolute atomic E-state index is 11.9. The lowest BCUT2D eigenvalue weighted by Crippen LogP contribution is -2.19. The first-order valence-corrected chi connectivity index (χ1v) is 10.5. The fraction of sp³-hybridized carbons (Fsp3) is 0.190. The number of nitrogen functional groups attached to an aromatic ring is 1. The first-order valence-electron chi connectivity index (χ1n) is 9.20. The molecule has 2 aromatic carbocycles. The van der Waals surface area contributed by atoms with Crippen LogP contribution in [0.1, 0.15) is 23.7 Å². The van der Waals surface area contributed by atoms with Crippen LogP contribution in [0.5, 0.6) is 11.5 Å². The highest BCUT2D eigenvalue weighted by Gasteiger charge is 2.09. The van der Waals surface area contributed by atoms with Crippen LogP contribution in [-0.2, 0) is 17.8 Å². The molecule has 0 saturated heterocycles. The number of halogens is 1. The summed E-state index contributed by atoms with van der Waals surface area (Å²) >= 11 is 7.47. The zero-order valence-electron chi connectivity index (χ0n) is 16.3. The molecule has 0 aliphatic carbocycles. The van der Waals surface area contributed by atoms with Crippen molar-refractivity contribution in [3.8, 4) is 11.5 Å². The van der Waals surface area contributed by atoms with E-state index in [1.54, 1.807) is 17.5 Å². The first-order chi connectivity index (χ1) is 14.5. The maximum Gasteiger partial charge on any atom is 0.246 e. The van der Waals surface area contributed by atoms with Crippen molar-refractivity contribution in [1.82, 2.24) is 10.4 Å². The lowest BCUT2D eigenvalue weighted by molar-refractivity contribution is -0.120. The molecule has 9 heteroatoms. The SMILES string of the molecule is CCOc1cc(C=NNC(=O)Cc2csc(N)n2)ccc1OCc1ccccc1Cl. The van der Waals surface area contributed by atoms with E-state index in [2.05, 4.69) is 15.5 Å². The molecule has 0 spiro atoms. The molecule has 1 heterocycles. The van der Waals surface area contributed by atoms with Gasteiger partial charge in [0.25, 0.3) is 0 Å². The third kappa shape index (κ3) is 6.20. The van der Waals surface area contributed by atoms with Gasteiger partial charge in [-0.1, -0.05) is 29.8 Å². The molecule has 0 aliphatic rings. The van der Waals surface area contributed by atoms with Crippen LogP contribution in [0.2, 0.25) is 5.02 Å². The van der Waals surface area contributed by atoms with E-state index in [4.69, 9.17) is 26.8 Å². The predicted molar refractivity (Wildman–Crippen MR) is 119 cm³/mol. The average molecular weight is 445 g/mol. The number of nitrogens with two attached hydrogens (primary N) is 1.